The molecule has 34 nitrogen and oxygen atoms in total. The summed E-state index contributed by atoms with van der Waals surface area (Å²) in [7, 11) is -3.25. The van der Waals surface area contributed by atoms with Crippen molar-refractivity contribution in [1.82, 2.24) is 24.8 Å². The molecule has 6 rings (SSSR count). The number of hydrogen-bond acceptors (Lipinski definition) is 31. The number of aryl methyl sites for hydroxylation is 3. The molecule has 2 aromatic heterocycles. The van der Waals surface area contributed by atoms with Crippen LogP contribution in [0.2, 0.25) is 104 Å². The molecule has 2 saturated heterocycles. The van der Waals surface area contributed by atoms with Crippen molar-refractivity contribution >= 4 is 106 Å². The number of imide groups is 1. The van der Waals surface area contributed by atoms with Crippen molar-refractivity contribution in [2.75, 3.05) is 75.4 Å². The number of H-pyrrole nitrogens is 1. The molecule has 4 N–H and O–H groups in total. The van der Waals surface area contributed by atoms with Gasteiger partial charge in [0.05, 0.1) is 79.1 Å². The molecule has 0 aromatic carbocycles. The third-order valence-corrected chi connectivity index (χ3v) is 44.9. The van der Waals surface area contributed by atoms with Crippen molar-refractivity contribution in [3.63, 3.8) is 0 Å². The number of halogens is 1. The topological polar surface area (TPSA) is 419 Å². The van der Waals surface area contributed by atoms with Crippen LogP contribution in [-0.2, 0) is 113 Å². The van der Waals surface area contributed by atoms with Gasteiger partial charge in [0.25, 0.3) is 11.5 Å². The average molecular weight is 2150 g/mol. The summed E-state index contributed by atoms with van der Waals surface area (Å²) in [6.07, 6.45) is 35.3. The first-order valence-electron chi connectivity index (χ1n) is 46.1. The second-order valence-electron chi connectivity index (χ2n) is 42.3. The van der Waals surface area contributed by atoms with Crippen LogP contribution in [-0.4, -0.2) is 288 Å². The summed E-state index contributed by atoms with van der Waals surface area (Å²) in [5.74, 6) is 8.72. The van der Waals surface area contributed by atoms with Crippen LogP contribution in [0.25, 0.3) is 0 Å². The maximum absolute atomic E-state index is 12.4. The van der Waals surface area contributed by atoms with Gasteiger partial charge in [-0.05, 0) is 159 Å². The molecule has 0 bridgehead atoms. The molecular formula is C100H168BrMgN5O29Si5. The van der Waals surface area contributed by atoms with Crippen LogP contribution in [0.15, 0.2) is 45.8 Å². The Hall–Kier alpha value is -6.74. The van der Waals surface area contributed by atoms with E-state index in [2.05, 4.69) is 210 Å². The SMILES string of the molecule is C#C[C@@]1(CO)C=C[C@H](n2cc(C)c(=O)[nH]c2=O)O1.C#C[C@](O)(CO[Si](C)(C)C(C)(C)C)[C@@H](CC(=O)OC(C)C)OCOC.C#C[C@]1(C[Si](C)(C)C(C)(C)C)OC(C2C=C(C)C(=O)NC2=O)CC1OCOC.C#C[C@]1(C[Si](C)(C)C(C)(C)C)OC(OC(C)=O)CC1OCOC.CC(=O)OC(C)C.COCOC(CC(=O)OC(C)C)C(=O)CO[Si](C)(C)C(C)(C)C.Cc1ncc(C)c(O[Si](C)(C)C)n1.[Br-].[C-]#C.[Mg+2]. The molecule has 2 fully saturated rings. The van der Waals surface area contributed by atoms with Crippen LogP contribution >= 0.6 is 0 Å². The van der Waals surface area contributed by atoms with Crippen molar-refractivity contribution in [3.8, 4) is 61.7 Å². The van der Waals surface area contributed by atoms with Gasteiger partial charge in [-0.2, -0.15) is 4.98 Å². The summed E-state index contributed by atoms with van der Waals surface area (Å²) in [4.78, 5) is 115. The van der Waals surface area contributed by atoms with Gasteiger partial charge in [-0.3, -0.25) is 53.2 Å². The third kappa shape index (κ3) is 48.2. The van der Waals surface area contributed by atoms with E-state index in [9.17, 15) is 53.4 Å². The second-order valence-corrected chi connectivity index (χ2v) is 67.6. The molecule has 0 saturated carbocycles. The summed E-state index contributed by atoms with van der Waals surface area (Å²) in [5, 5.41) is 22.7. The maximum Gasteiger partial charge on any atom is 2.00 e. The molecule has 141 heavy (non-hydrogen) atoms. The minimum atomic E-state index is -2.13. The van der Waals surface area contributed by atoms with Gasteiger partial charge in [-0.25, -0.2) is 9.78 Å². The molecule has 796 valence electrons. The first-order valence-corrected chi connectivity index (χ1v) is 61.8. The number of nitrogens with one attached hydrogen (secondary N) is 2. The number of aromatic amines is 1. The van der Waals surface area contributed by atoms with Crippen LogP contribution in [0.1, 0.15) is 194 Å². The van der Waals surface area contributed by atoms with E-state index < -0.39 is 123 Å². The molecule has 2 amide bonds. The summed E-state index contributed by atoms with van der Waals surface area (Å²) < 4.78 is 99.2. The summed E-state index contributed by atoms with van der Waals surface area (Å²) in [5.41, 5.74) is -3.92. The first kappa shape index (κ1) is 141. The summed E-state index contributed by atoms with van der Waals surface area (Å²) >= 11 is 0. The minimum absolute atomic E-state index is 0. The van der Waals surface area contributed by atoms with Crippen molar-refractivity contribution in [2.45, 2.75) is 380 Å². The van der Waals surface area contributed by atoms with Gasteiger partial charge in [0.15, 0.2) is 51.1 Å². The van der Waals surface area contributed by atoms with Crippen molar-refractivity contribution in [2.24, 2.45) is 5.92 Å². The fourth-order valence-corrected chi connectivity index (χ4v) is 19.5. The van der Waals surface area contributed by atoms with Crippen LogP contribution < -0.4 is 38.0 Å². The summed E-state index contributed by atoms with van der Waals surface area (Å²) in [6, 6.07) is 1.44. The molecule has 12 atom stereocenters. The number of aliphatic hydroxyl groups is 2. The number of carbonyl (C=O) groups excluding carboxylic acids is 7. The zero-order valence-electron chi connectivity index (χ0n) is 91.7. The molecule has 0 aliphatic carbocycles. The molecular weight excluding hydrogens is 1980 g/mol. The van der Waals surface area contributed by atoms with Gasteiger partial charge in [0, 0.05) is 84.2 Å². The molecule has 41 heteroatoms. The number of amides is 2. The van der Waals surface area contributed by atoms with Gasteiger partial charge < -0.3 is 124 Å². The van der Waals surface area contributed by atoms with Gasteiger partial charge in [-0.1, -0.05) is 139 Å². The number of aromatic nitrogens is 4. The minimum Gasteiger partial charge on any atom is -1.00 e. The largest absolute Gasteiger partial charge is 2.00 e. The predicted octanol–water partition coefficient (Wildman–Crippen LogP) is 11.0. The molecule has 4 aliphatic heterocycles. The van der Waals surface area contributed by atoms with Gasteiger partial charge in [0.1, 0.15) is 57.4 Å². The van der Waals surface area contributed by atoms with E-state index >= 15 is 0 Å². The fraction of sp³-hybridized carbons (Fsp3) is 0.710. The number of hydrogen-bond donors (Lipinski definition) is 4. The maximum atomic E-state index is 12.4. The van der Waals surface area contributed by atoms with Crippen molar-refractivity contribution in [3.05, 3.63) is 80.4 Å². The fourth-order valence-electron chi connectivity index (χ4n) is 12.3. The standard InChI is InChI=1S/C21H33NO5Si.C18H34O6Si.C17H30O5Si.C16H32O6Si.C12H12N2O4.C9H16N2OSi.C5H10O2.C2H.BrH.Mg/c1-9-21(12-28(7,8)20(3,4)5)17(26-13-25-6)11-16(27-21)15-10-14(2)18(23)22-19(15)24;1-10-18(20,12-23-25(8,9)17(4,5)6)15(22-13-21-7)11-16(19)24-14(2)3;1-9-17(11-23(7,8)16(3,4)5)14(20-12-19-6)10-15(22-17)21-13(2)18;1-12(2)22-15(18)9-14(20-11-19-6)13(17)10-21-23(7,8)16(3,4)5;1-3-12(7-15)5-4-9(18-12)14-6-8(2)10(16)13-11(14)17;1-7-6-10-8(2)11-9(7)12-13(3,4)5;1-4(2)7-5(3)6;1-2;;/h1,10,15-17H,11-13H2,2-8H3,(H,22,23,24);1,14-15,20H,11-13H2,2-9H3;1,14-15H,10-12H2,2-8H3;12,14H,9-11H2,1-8H3;1,4-6,9,15H,7H2,2H3,(H,13,16,17);6H,1-5H3;4H,1-3H3;1H;1H;/q;;;;;;;-1;;+2/p-1/t15?,16?,17?,21-;15-,18+;14?,15?,17-;;9-,12+;;;;;/m111.1...../s1. The van der Waals surface area contributed by atoms with Gasteiger partial charge >= 0.3 is 52.6 Å². The Bertz CT molecular complexity index is 4630. The molecule has 2 aromatic rings. The monoisotopic (exact) mass is 2150 g/mol. The Labute approximate surface area is 872 Å². The zero-order chi connectivity index (χ0) is 109. The summed E-state index contributed by atoms with van der Waals surface area (Å²) in [6.45, 7) is 69.8. The van der Waals surface area contributed by atoms with E-state index in [0.717, 1.165) is 23.3 Å². The van der Waals surface area contributed by atoms with Crippen LogP contribution in [0, 0.1) is 88.9 Å². The van der Waals surface area contributed by atoms with Gasteiger partial charge in [0.2, 0.25) is 26.4 Å². The van der Waals surface area contributed by atoms with Crippen molar-refractivity contribution < 1.29 is 145 Å². The number of aliphatic hydroxyl groups excluding tert-OH is 1. The zero-order valence-corrected chi connectivity index (χ0v) is 99.7. The number of terminal acetylenes is 5. The number of rotatable bonds is 37. The Morgan fingerprint density at radius 3 is 1.49 bits per heavy atom. The number of ether oxygens (including phenoxy) is 15. The molecule has 6 unspecified atom stereocenters. The molecule has 6 heterocycles. The predicted molar refractivity (Wildman–Crippen MR) is 552 cm³/mol. The Morgan fingerprint density at radius 2 is 1.09 bits per heavy atom. The second kappa shape index (κ2) is 62.4. The van der Waals surface area contributed by atoms with E-state index in [-0.39, 0.29) is 180 Å². The number of carbonyl (C=O) groups is 7. The third-order valence-electron chi connectivity index (χ3n) is 24.2. The Balaban J connectivity index is -0.000000790. The normalized spacial score (nSPS) is 20.9. The van der Waals surface area contributed by atoms with E-state index in [1.807, 2.05) is 27.7 Å². The number of esters is 4. The van der Waals surface area contributed by atoms with Crippen LogP contribution in [0.5, 0.6) is 5.88 Å². The van der Waals surface area contributed by atoms with E-state index in [4.69, 9.17) is 112 Å². The number of ketones is 1. The average Bonchev–Trinajstić information content (AvgIpc) is 1.60. The van der Waals surface area contributed by atoms with Gasteiger partial charge in [-0.15, -0.1) is 25.7 Å². The Kier molecular flexibility index (Phi) is 62.2. The van der Waals surface area contributed by atoms with E-state index in [0.29, 0.717) is 30.0 Å². The van der Waals surface area contributed by atoms with Crippen LogP contribution in [0.4, 0.5) is 0 Å². The quantitative estimate of drug-likeness (QED) is 0.00713. The van der Waals surface area contributed by atoms with Crippen LogP contribution in [0.3, 0.4) is 0 Å². The van der Waals surface area contributed by atoms with Crippen molar-refractivity contribution in [1.29, 1.82) is 0 Å². The molecule has 4 aliphatic rings. The Morgan fingerprint density at radius 1 is 0.624 bits per heavy atom. The van der Waals surface area contributed by atoms with E-state index in [1.165, 1.54) is 44.9 Å². The molecule has 0 radical (unpaired) electrons. The van der Waals surface area contributed by atoms with E-state index in [1.54, 1.807) is 74.1 Å². The number of nitrogens with zero attached hydrogens (tertiary/aromatic N) is 3. The number of Topliss-reactive ketones (excluding diaryl/α,β-unsaturated/α-hetero) is 1. The molecule has 0 spiro atoms. The first-order chi connectivity index (χ1) is 63.5. The number of methoxy groups -OCH3 is 4. The smallest absolute Gasteiger partial charge is 1.00 e.